The minimum Gasteiger partial charge on any atom is -0.489 e. The van der Waals surface area contributed by atoms with Crippen molar-refractivity contribution in [3.05, 3.63) is 59.4 Å². The fourth-order valence-corrected chi connectivity index (χ4v) is 3.64. The number of hydrogen-bond acceptors (Lipinski definition) is 3. The Bertz CT molecular complexity index is 869. The van der Waals surface area contributed by atoms with Gasteiger partial charge < -0.3 is 9.47 Å². The van der Waals surface area contributed by atoms with Gasteiger partial charge in [-0.1, -0.05) is 30.3 Å². The van der Waals surface area contributed by atoms with Gasteiger partial charge in [0.2, 0.25) is 0 Å². The number of benzene rings is 2. The monoisotopic (exact) mass is 369 g/mol. The maximum absolute atomic E-state index is 14.9. The molecule has 0 saturated heterocycles. The van der Waals surface area contributed by atoms with Crippen LogP contribution in [0.15, 0.2) is 42.5 Å². The summed E-state index contributed by atoms with van der Waals surface area (Å²) in [6.07, 6.45) is 1.34. The fourth-order valence-electron chi connectivity index (χ4n) is 3.64. The molecule has 0 N–H and O–H groups in total. The first-order valence-corrected chi connectivity index (χ1v) is 9.29. The van der Waals surface area contributed by atoms with E-state index < -0.39 is 11.7 Å². The summed E-state index contributed by atoms with van der Waals surface area (Å²) in [5, 5.41) is 0. The summed E-state index contributed by atoms with van der Waals surface area (Å²) < 4.78 is 26.3. The molecule has 0 atom stereocenters. The number of ether oxygens (including phenoxy) is 2. The van der Waals surface area contributed by atoms with E-state index >= 15 is 0 Å². The van der Waals surface area contributed by atoms with Crippen LogP contribution in [-0.4, -0.2) is 18.2 Å². The molecular formula is C22H24FNO3. The van der Waals surface area contributed by atoms with Gasteiger partial charge in [-0.3, -0.25) is 4.90 Å². The van der Waals surface area contributed by atoms with E-state index in [2.05, 4.69) is 0 Å². The Labute approximate surface area is 158 Å². The van der Waals surface area contributed by atoms with Crippen molar-refractivity contribution in [2.24, 2.45) is 0 Å². The van der Waals surface area contributed by atoms with Crippen LogP contribution in [0.1, 0.15) is 44.7 Å². The minimum atomic E-state index is -0.601. The van der Waals surface area contributed by atoms with Crippen LogP contribution >= 0.6 is 0 Å². The van der Waals surface area contributed by atoms with Crippen molar-refractivity contribution < 1.29 is 18.7 Å². The molecule has 0 bridgehead atoms. The zero-order valence-corrected chi connectivity index (χ0v) is 15.9. The molecule has 1 aliphatic heterocycles. The fraction of sp³-hybridized carbons (Fsp3) is 0.409. The van der Waals surface area contributed by atoms with Crippen molar-refractivity contribution in [3.8, 4) is 5.75 Å². The normalized spacial score (nSPS) is 17.0. The lowest BCUT2D eigenvalue weighted by atomic mass is 9.98. The number of carbonyl (C=O) groups is 1. The maximum Gasteiger partial charge on any atom is 0.414 e. The van der Waals surface area contributed by atoms with E-state index in [-0.39, 0.29) is 11.2 Å². The Morgan fingerprint density at radius 3 is 2.52 bits per heavy atom. The Hall–Kier alpha value is -2.56. The van der Waals surface area contributed by atoms with Gasteiger partial charge in [-0.2, -0.15) is 0 Å². The molecule has 0 radical (unpaired) electrons. The molecule has 1 heterocycles. The molecule has 2 aromatic carbocycles. The lowest BCUT2D eigenvalue weighted by Gasteiger charge is -2.25. The highest BCUT2D eigenvalue weighted by Crippen LogP contribution is 2.58. The number of halogens is 1. The van der Waals surface area contributed by atoms with Crippen molar-refractivity contribution in [1.82, 2.24) is 0 Å². The molecular weight excluding hydrogens is 345 g/mol. The molecule has 1 amide bonds. The molecule has 142 valence electrons. The number of nitrogens with zero attached hydrogens (tertiary/aromatic N) is 1. The van der Waals surface area contributed by atoms with E-state index in [1.165, 1.54) is 6.07 Å². The first kappa shape index (κ1) is 17.8. The molecule has 1 fully saturated rings. The SMILES string of the molecule is CC(C)(C)OC(=O)N1CC2(CC2)c2c(F)cc(OCc3ccccc3)cc21. The zero-order chi connectivity index (χ0) is 19.2. The van der Waals surface area contributed by atoms with Crippen LogP contribution in [0.2, 0.25) is 0 Å². The van der Waals surface area contributed by atoms with Crippen molar-refractivity contribution in [2.75, 3.05) is 11.4 Å². The minimum absolute atomic E-state index is 0.256. The number of fused-ring (bicyclic) bond motifs is 2. The molecule has 4 nitrogen and oxygen atoms in total. The summed E-state index contributed by atoms with van der Waals surface area (Å²) >= 11 is 0. The largest absolute Gasteiger partial charge is 0.489 e. The predicted octanol–water partition coefficient (Wildman–Crippen LogP) is 5.19. The second kappa shape index (κ2) is 6.25. The zero-order valence-electron chi connectivity index (χ0n) is 15.9. The molecule has 2 aliphatic rings. The number of carbonyl (C=O) groups excluding carboxylic acids is 1. The van der Waals surface area contributed by atoms with Gasteiger partial charge in [0.1, 0.15) is 23.8 Å². The molecule has 0 aromatic heterocycles. The molecule has 1 spiro atoms. The van der Waals surface area contributed by atoms with Crippen LogP contribution in [0, 0.1) is 5.82 Å². The van der Waals surface area contributed by atoms with E-state index in [1.807, 2.05) is 51.1 Å². The maximum atomic E-state index is 14.9. The number of amides is 1. The van der Waals surface area contributed by atoms with E-state index in [4.69, 9.17) is 9.47 Å². The molecule has 2 aromatic rings. The second-order valence-corrected chi connectivity index (χ2v) is 8.42. The lowest BCUT2D eigenvalue weighted by Crippen LogP contribution is -2.37. The van der Waals surface area contributed by atoms with E-state index in [9.17, 15) is 9.18 Å². The third kappa shape index (κ3) is 3.51. The van der Waals surface area contributed by atoms with Crippen molar-refractivity contribution in [3.63, 3.8) is 0 Å². The van der Waals surface area contributed by atoms with Gasteiger partial charge in [0.15, 0.2) is 0 Å². The molecule has 0 unspecified atom stereocenters. The number of anilines is 1. The summed E-state index contributed by atoms with van der Waals surface area (Å²) in [6, 6.07) is 12.9. The summed E-state index contributed by atoms with van der Waals surface area (Å²) in [7, 11) is 0. The average molecular weight is 369 g/mol. The Morgan fingerprint density at radius 1 is 1.19 bits per heavy atom. The van der Waals surface area contributed by atoms with Gasteiger partial charge in [0, 0.05) is 29.7 Å². The summed E-state index contributed by atoms with van der Waals surface area (Å²) in [5.41, 5.74) is 1.34. The molecule has 4 rings (SSSR count). The first-order valence-electron chi connectivity index (χ1n) is 9.29. The highest BCUT2D eigenvalue weighted by molar-refractivity contribution is 5.92. The highest BCUT2D eigenvalue weighted by atomic mass is 19.1. The molecule has 27 heavy (non-hydrogen) atoms. The Morgan fingerprint density at radius 2 is 1.89 bits per heavy atom. The average Bonchev–Trinajstić information content (AvgIpc) is 3.28. The van der Waals surface area contributed by atoms with Gasteiger partial charge in [0.05, 0.1) is 5.69 Å². The third-order valence-corrected chi connectivity index (χ3v) is 5.04. The second-order valence-electron chi connectivity index (χ2n) is 8.42. The van der Waals surface area contributed by atoms with Crippen molar-refractivity contribution in [1.29, 1.82) is 0 Å². The standard InChI is InChI=1S/C22H24FNO3/c1-21(2,3)27-20(25)24-14-22(9-10-22)19-17(23)11-16(12-18(19)24)26-13-15-7-5-4-6-8-15/h4-8,11-12H,9-10,13-14H2,1-3H3. The van der Waals surface area contributed by atoms with Crippen LogP contribution in [-0.2, 0) is 16.8 Å². The van der Waals surface area contributed by atoms with Crippen LogP contribution in [0.4, 0.5) is 14.9 Å². The van der Waals surface area contributed by atoms with Gasteiger partial charge in [-0.25, -0.2) is 9.18 Å². The quantitative estimate of drug-likeness (QED) is 0.747. The van der Waals surface area contributed by atoms with Crippen LogP contribution in [0.25, 0.3) is 0 Å². The van der Waals surface area contributed by atoms with Gasteiger partial charge in [-0.05, 0) is 39.2 Å². The third-order valence-electron chi connectivity index (χ3n) is 5.04. The number of hydrogen-bond donors (Lipinski definition) is 0. The van der Waals surface area contributed by atoms with Crippen LogP contribution in [0.3, 0.4) is 0 Å². The van der Waals surface area contributed by atoms with Crippen LogP contribution < -0.4 is 9.64 Å². The smallest absolute Gasteiger partial charge is 0.414 e. The highest BCUT2D eigenvalue weighted by Gasteiger charge is 2.55. The molecule has 5 heteroatoms. The van der Waals surface area contributed by atoms with Gasteiger partial charge in [-0.15, -0.1) is 0 Å². The van der Waals surface area contributed by atoms with Crippen LogP contribution in [0.5, 0.6) is 5.75 Å². The van der Waals surface area contributed by atoms with Gasteiger partial charge in [0.25, 0.3) is 0 Å². The molecule has 1 aliphatic carbocycles. The van der Waals surface area contributed by atoms with Crippen molar-refractivity contribution in [2.45, 2.75) is 51.2 Å². The Balaban J connectivity index is 1.62. The lowest BCUT2D eigenvalue weighted by molar-refractivity contribution is 0.0581. The summed E-state index contributed by atoms with van der Waals surface area (Å²) in [5.74, 6) is 0.112. The predicted molar refractivity (Wildman–Crippen MR) is 102 cm³/mol. The van der Waals surface area contributed by atoms with Gasteiger partial charge >= 0.3 is 6.09 Å². The topological polar surface area (TPSA) is 38.8 Å². The van der Waals surface area contributed by atoms with E-state index in [1.54, 1.807) is 11.0 Å². The summed E-state index contributed by atoms with van der Waals surface area (Å²) in [4.78, 5) is 14.2. The summed E-state index contributed by atoms with van der Waals surface area (Å²) in [6.45, 7) is 6.30. The number of rotatable bonds is 3. The van der Waals surface area contributed by atoms with E-state index in [0.29, 0.717) is 30.2 Å². The van der Waals surface area contributed by atoms with Crippen molar-refractivity contribution >= 4 is 11.8 Å². The molecule has 1 saturated carbocycles. The first-order chi connectivity index (χ1) is 12.8. The van der Waals surface area contributed by atoms with E-state index in [0.717, 1.165) is 18.4 Å². The Kier molecular flexibility index (Phi) is 4.13.